The maximum Gasteiger partial charge on any atom is 0.101 e. The molecular formula is C18H19N3S. The Morgan fingerprint density at radius 1 is 1.09 bits per heavy atom. The molecule has 4 heteroatoms. The Hall–Kier alpha value is -1.65. The van der Waals surface area contributed by atoms with Crippen LogP contribution in [0.15, 0.2) is 41.1 Å². The van der Waals surface area contributed by atoms with Crippen LogP contribution in [0.5, 0.6) is 0 Å². The first kappa shape index (κ1) is 12.9. The highest BCUT2D eigenvalue weighted by Crippen LogP contribution is 2.39. The molecule has 0 radical (unpaired) electrons. The molecule has 0 saturated carbocycles. The number of para-hydroxylation sites is 1. The number of hydrogen-bond donors (Lipinski definition) is 0. The van der Waals surface area contributed by atoms with Crippen LogP contribution >= 0.6 is 11.3 Å². The third-order valence-corrected chi connectivity index (χ3v) is 6.03. The Labute approximate surface area is 134 Å². The van der Waals surface area contributed by atoms with E-state index in [4.69, 9.17) is 5.10 Å². The Bertz CT molecular complexity index is 797. The molecule has 0 unspecified atom stereocenters. The minimum absolute atomic E-state index is 0.541. The van der Waals surface area contributed by atoms with Crippen molar-refractivity contribution in [1.29, 1.82) is 0 Å². The lowest BCUT2D eigenvalue weighted by atomic mass is 9.84. The molecule has 3 aliphatic heterocycles. The highest BCUT2D eigenvalue weighted by atomic mass is 32.1. The van der Waals surface area contributed by atoms with Gasteiger partial charge in [0.25, 0.3) is 0 Å². The van der Waals surface area contributed by atoms with Gasteiger partial charge in [0, 0.05) is 22.9 Å². The van der Waals surface area contributed by atoms with E-state index in [9.17, 15) is 0 Å². The fourth-order valence-corrected chi connectivity index (χ4v) is 4.81. The van der Waals surface area contributed by atoms with E-state index in [1.165, 1.54) is 48.9 Å². The maximum atomic E-state index is 5.07. The zero-order valence-electron chi connectivity index (χ0n) is 12.5. The second-order valence-electron chi connectivity index (χ2n) is 6.53. The summed E-state index contributed by atoms with van der Waals surface area (Å²) in [6.45, 7) is 3.72. The lowest BCUT2D eigenvalue weighted by molar-refractivity contribution is 0.0535. The zero-order chi connectivity index (χ0) is 14.5. The third kappa shape index (κ3) is 1.87. The number of aromatic nitrogens is 2. The monoisotopic (exact) mass is 309 g/mol. The van der Waals surface area contributed by atoms with Crippen molar-refractivity contribution < 1.29 is 0 Å². The summed E-state index contributed by atoms with van der Waals surface area (Å²) in [5.74, 6) is 0.795. The SMILES string of the molecule is c1ccc2c(c1)c(-c1ccsc1)nn2[C@H]1CN2CCC1CC2. The summed E-state index contributed by atoms with van der Waals surface area (Å²) in [4.78, 5) is 2.60. The molecule has 1 atom stereocenters. The average Bonchev–Trinajstić information content (AvgIpc) is 3.23. The first-order chi connectivity index (χ1) is 10.9. The van der Waals surface area contributed by atoms with Crippen LogP contribution in [0.25, 0.3) is 22.2 Å². The predicted molar refractivity (Wildman–Crippen MR) is 91.2 cm³/mol. The smallest absolute Gasteiger partial charge is 0.101 e. The lowest BCUT2D eigenvalue weighted by Crippen LogP contribution is -2.48. The van der Waals surface area contributed by atoms with E-state index in [1.807, 2.05) is 0 Å². The van der Waals surface area contributed by atoms with Gasteiger partial charge in [-0.05, 0) is 49.4 Å². The maximum absolute atomic E-state index is 5.07. The van der Waals surface area contributed by atoms with E-state index in [1.54, 1.807) is 11.3 Å². The Morgan fingerprint density at radius 2 is 1.95 bits per heavy atom. The van der Waals surface area contributed by atoms with Crippen molar-refractivity contribution in [3.8, 4) is 11.3 Å². The Balaban J connectivity index is 1.68. The normalized spacial score (nSPS) is 27.5. The van der Waals surface area contributed by atoms with Crippen LogP contribution < -0.4 is 0 Å². The van der Waals surface area contributed by atoms with Crippen LogP contribution in [0, 0.1) is 5.92 Å². The molecule has 0 spiro atoms. The number of rotatable bonds is 2. The van der Waals surface area contributed by atoms with Crippen LogP contribution in [-0.4, -0.2) is 34.3 Å². The van der Waals surface area contributed by atoms with Crippen molar-refractivity contribution in [3.63, 3.8) is 0 Å². The molecule has 6 rings (SSSR count). The molecule has 2 bridgehead atoms. The van der Waals surface area contributed by atoms with Crippen LogP contribution in [0.4, 0.5) is 0 Å². The number of piperidine rings is 3. The fourth-order valence-electron chi connectivity index (χ4n) is 4.17. The topological polar surface area (TPSA) is 21.1 Å². The van der Waals surface area contributed by atoms with E-state index in [-0.39, 0.29) is 0 Å². The summed E-state index contributed by atoms with van der Waals surface area (Å²) in [5, 5.41) is 10.7. The summed E-state index contributed by atoms with van der Waals surface area (Å²) >= 11 is 1.74. The molecule has 0 N–H and O–H groups in total. The van der Waals surface area contributed by atoms with Gasteiger partial charge in [0.1, 0.15) is 5.69 Å². The largest absolute Gasteiger partial charge is 0.301 e. The van der Waals surface area contributed by atoms with Gasteiger partial charge in [0.05, 0.1) is 11.6 Å². The van der Waals surface area contributed by atoms with Crippen LogP contribution in [0.2, 0.25) is 0 Å². The summed E-state index contributed by atoms with van der Waals surface area (Å²) in [6.07, 6.45) is 2.65. The van der Waals surface area contributed by atoms with E-state index in [2.05, 4.69) is 50.7 Å². The summed E-state index contributed by atoms with van der Waals surface area (Å²) in [7, 11) is 0. The molecule has 3 aliphatic rings. The van der Waals surface area contributed by atoms with Crippen molar-refractivity contribution in [2.45, 2.75) is 18.9 Å². The number of benzene rings is 1. The molecule has 3 saturated heterocycles. The molecule has 2 aromatic heterocycles. The molecule has 0 aliphatic carbocycles. The minimum Gasteiger partial charge on any atom is -0.301 e. The molecule has 3 aromatic rings. The predicted octanol–water partition coefficient (Wildman–Crippen LogP) is 4.03. The van der Waals surface area contributed by atoms with Crippen LogP contribution in [0.1, 0.15) is 18.9 Å². The van der Waals surface area contributed by atoms with Crippen LogP contribution in [0.3, 0.4) is 0 Å². The summed E-state index contributed by atoms with van der Waals surface area (Å²) in [5.41, 5.74) is 3.69. The van der Waals surface area contributed by atoms with Crippen molar-refractivity contribution in [1.82, 2.24) is 14.7 Å². The highest BCUT2D eigenvalue weighted by Gasteiger charge is 2.36. The van der Waals surface area contributed by atoms with Gasteiger partial charge in [0.15, 0.2) is 0 Å². The standard InChI is InChI=1S/C18H19N3S/c1-2-4-16-15(3-1)18(14-7-10-22-12-14)19-21(16)17-11-20-8-5-13(17)6-9-20/h1-4,7,10,12-13,17H,5-6,8-9,11H2/t17-/m0/s1. The van der Waals surface area contributed by atoms with Gasteiger partial charge in [-0.15, -0.1) is 0 Å². The van der Waals surface area contributed by atoms with Gasteiger partial charge in [-0.3, -0.25) is 4.68 Å². The first-order valence-electron chi connectivity index (χ1n) is 8.12. The molecule has 3 fully saturated rings. The summed E-state index contributed by atoms with van der Waals surface area (Å²) < 4.78 is 2.33. The minimum atomic E-state index is 0.541. The molecule has 1 aromatic carbocycles. The first-order valence-corrected chi connectivity index (χ1v) is 9.06. The van der Waals surface area contributed by atoms with Gasteiger partial charge in [-0.25, -0.2) is 0 Å². The van der Waals surface area contributed by atoms with E-state index in [0.717, 1.165) is 11.6 Å². The van der Waals surface area contributed by atoms with E-state index >= 15 is 0 Å². The van der Waals surface area contributed by atoms with Gasteiger partial charge in [0.2, 0.25) is 0 Å². The molecule has 112 valence electrons. The zero-order valence-corrected chi connectivity index (χ0v) is 13.3. The van der Waals surface area contributed by atoms with Gasteiger partial charge in [-0.2, -0.15) is 16.4 Å². The van der Waals surface area contributed by atoms with Gasteiger partial charge in [-0.1, -0.05) is 18.2 Å². The second kappa shape index (κ2) is 4.93. The van der Waals surface area contributed by atoms with Crippen molar-refractivity contribution >= 4 is 22.2 Å². The van der Waals surface area contributed by atoms with E-state index < -0.39 is 0 Å². The number of hydrogen-bond acceptors (Lipinski definition) is 3. The second-order valence-corrected chi connectivity index (χ2v) is 7.31. The number of fused-ring (bicyclic) bond motifs is 4. The highest BCUT2D eigenvalue weighted by molar-refractivity contribution is 7.08. The molecular weight excluding hydrogens is 290 g/mol. The number of thiophene rings is 1. The number of nitrogens with zero attached hydrogens (tertiary/aromatic N) is 3. The quantitative estimate of drug-likeness (QED) is 0.712. The summed E-state index contributed by atoms with van der Waals surface area (Å²) in [6, 6.07) is 11.4. The average molecular weight is 309 g/mol. The van der Waals surface area contributed by atoms with Gasteiger partial charge >= 0.3 is 0 Å². The van der Waals surface area contributed by atoms with Crippen molar-refractivity contribution in [2.24, 2.45) is 5.92 Å². The molecule has 22 heavy (non-hydrogen) atoms. The molecule has 5 heterocycles. The lowest BCUT2D eigenvalue weighted by Gasteiger charge is -2.44. The fraction of sp³-hybridized carbons (Fsp3) is 0.389. The van der Waals surface area contributed by atoms with E-state index in [0.29, 0.717) is 6.04 Å². The third-order valence-electron chi connectivity index (χ3n) is 5.34. The Kier molecular flexibility index (Phi) is 2.88. The molecule has 0 amide bonds. The van der Waals surface area contributed by atoms with Crippen molar-refractivity contribution in [2.75, 3.05) is 19.6 Å². The van der Waals surface area contributed by atoms with Gasteiger partial charge < -0.3 is 4.90 Å². The van der Waals surface area contributed by atoms with Crippen molar-refractivity contribution in [3.05, 3.63) is 41.1 Å². The molecule has 3 nitrogen and oxygen atoms in total. The Morgan fingerprint density at radius 3 is 2.68 bits per heavy atom. The van der Waals surface area contributed by atoms with Crippen LogP contribution in [-0.2, 0) is 0 Å².